The minimum atomic E-state index is -0.326. The van der Waals surface area contributed by atoms with E-state index in [0.29, 0.717) is 19.1 Å². The van der Waals surface area contributed by atoms with Crippen LogP contribution in [0, 0.1) is 0 Å². The molecular weight excluding hydrogens is 338 g/mol. The number of benzene rings is 1. The molecule has 6 heteroatoms. The molecule has 1 aromatic rings. The molecule has 0 saturated carbocycles. The molecule has 0 bridgehead atoms. The smallest absolute Gasteiger partial charge is 0.314 e. The highest BCUT2D eigenvalue weighted by Crippen LogP contribution is 2.32. The van der Waals surface area contributed by atoms with Gasteiger partial charge in [-0.1, -0.05) is 44.2 Å². The zero-order valence-electron chi connectivity index (χ0n) is 17.0. The molecule has 27 heavy (non-hydrogen) atoms. The van der Waals surface area contributed by atoms with Crippen LogP contribution in [0.25, 0.3) is 0 Å². The highest BCUT2D eigenvalue weighted by molar-refractivity contribution is 5.80. The maximum atomic E-state index is 11.3. The first-order valence-corrected chi connectivity index (χ1v) is 10.2. The number of carbonyl (C=O) groups excluding carboxylic acids is 1. The fourth-order valence-corrected chi connectivity index (χ4v) is 3.75. The molecule has 6 nitrogen and oxygen atoms in total. The van der Waals surface area contributed by atoms with E-state index in [-0.39, 0.29) is 11.4 Å². The second kappa shape index (κ2) is 10.2. The third-order valence-corrected chi connectivity index (χ3v) is 5.77. The number of nitrogens with one attached hydrogen (secondary N) is 2. The average molecular weight is 374 g/mol. The second-order valence-electron chi connectivity index (χ2n) is 7.29. The van der Waals surface area contributed by atoms with Crippen molar-refractivity contribution in [2.45, 2.75) is 57.9 Å². The number of hydrogen-bond donors (Lipinski definition) is 3. The van der Waals surface area contributed by atoms with E-state index in [1.54, 1.807) is 4.90 Å². The van der Waals surface area contributed by atoms with E-state index in [1.165, 1.54) is 5.56 Å². The zero-order chi connectivity index (χ0) is 19.7. The van der Waals surface area contributed by atoms with Gasteiger partial charge >= 0.3 is 6.03 Å². The Morgan fingerprint density at radius 2 is 1.81 bits per heavy atom. The zero-order valence-corrected chi connectivity index (χ0v) is 17.0. The van der Waals surface area contributed by atoms with Crippen LogP contribution in [0.1, 0.15) is 52.0 Å². The van der Waals surface area contributed by atoms with Crippen molar-refractivity contribution in [2.24, 2.45) is 10.7 Å². The topological polar surface area (TPSA) is 82.8 Å². The van der Waals surface area contributed by atoms with Crippen molar-refractivity contribution in [1.82, 2.24) is 15.5 Å². The van der Waals surface area contributed by atoms with Crippen molar-refractivity contribution in [3.05, 3.63) is 35.9 Å². The van der Waals surface area contributed by atoms with Gasteiger partial charge < -0.3 is 21.3 Å². The Labute approximate surface area is 163 Å². The molecular formula is C21H35N5O. The van der Waals surface area contributed by atoms with E-state index in [1.807, 2.05) is 0 Å². The molecule has 0 atom stereocenters. The fourth-order valence-electron chi connectivity index (χ4n) is 3.75. The van der Waals surface area contributed by atoms with Crippen molar-refractivity contribution in [3.8, 4) is 0 Å². The molecule has 0 aliphatic carbocycles. The summed E-state index contributed by atoms with van der Waals surface area (Å²) in [5.74, 6) is 0.859. The van der Waals surface area contributed by atoms with E-state index in [4.69, 9.17) is 10.7 Å². The summed E-state index contributed by atoms with van der Waals surface area (Å²) in [5, 5.41) is 6.92. The summed E-state index contributed by atoms with van der Waals surface area (Å²) in [4.78, 5) is 17.9. The number of guanidine groups is 1. The van der Waals surface area contributed by atoms with E-state index in [0.717, 1.165) is 44.7 Å². The Morgan fingerprint density at radius 3 is 2.33 bits per heavy atom. The number of urea groups is 1. The van der Waals surface area contributed by atoms with Gasteiger partial charge in [0.1, 0.15) is 0 Å². The lowest BCUT2D eigenvalue weighted by atomic mass is 9.76. The highest BCUT2D eigenvalue weighted by Gasteiger charge is 2.28. The van der Waals surface area contributed by atoms with Gasteiger partial charge in [-0.2, -0.15) is 0 Å². The van der Waals surface area contributed by atoms with Crippen LogP contribution in [0.2, 0.25) is 0 Å². The predicted octanol–water partition coefficient (Wildman–Crippen LogP) is 2.84. The van der Waals surface area contributed by atoms with E-state index >= 15 is 0 Å². The molecule has 2 amide bonds. The molecule has 150 valence electrons. The number of piperidine rings is 1. The number of hydrogen-bond acceptors (Lipinski definition) is 2. The van der Waals surface area contributed by atoms with Crippen LogP contribution in [-0.4, -0.2) is 49.1 Å². The van der Waals surface area contributed by atoms with Gasteiger partial charge in [0, 0.05) is 31.1 Å². The van der Waals surface area contributed by atoms with Crippen LogP contribution in [0.15, 0.2) is 35.3 Å². The largest absolute Gasteiger partial charge is 0.357 e. The van der Waals surface area contributed by atoms with Crippen molar-refractivity contribution in [3.63, 3.8) is 0 Å². The maximum Gasteiger partial charge on any atom is 0.314 e. The maximum absolute atomic E-state index is 11.3. The van der Waals surface area contributed by atoms with E-state index in [9.17, 15) is 4.79 Å². The van der Waals surface area contributed by atoms with Gasteiger partial charge in [0.25, 0.3) is 0 Å². The number of carbonyl (C=O) groups is 1. The molecule has 1 aliphatic heterocycles. The summed E-state index contributed by atoms with van der Waals surface area (Å²) in [7, 11) is 0. The molecule has 1 aliphatic rings. The lowest BCUT2D eigenvalue weighted by Gasteiger charge is -2.33. The Kier molecular flexibility index (Phi) is 7.95. The molecule has 2 rings (SSSR count). The monoisotopic (exact) mass is 373 g/mol. The molecule has 0 spiro atoms. The minimum Gasteiger partial charge on any atom is -0.357 e. The molecule has 1 heterocycles. The highest BCUT2D eigenvalue weighted by atomic mass is 16.2. The number of likely N-dealkylation sites (tertiary alicyclic amines) is 1. The summed E-state index contributed by atoms with van der Waals surface area (Å²) in [6, 6.07) is 10.7. The third kappa shape index (κ3) is 5.62. The van der Waals surface area contributed by atoms with E-state index < -0.39 is 0 Å². The Balaban J connectivity index is 2.06. The van der Waals surface area contributed by atoms with Gasteiger partial charge in [-0.3, -0.25) is 4.99 Å². The fraction of sp³-hybridized carbons (Fsp3) is 0.619. The number of amides is 2. The average Bonchev–Trinajstić information content (AvgIpc) is 2.70. The third-order valence-electron chi connectivity index (χ3n) is 5.77. The Hall–Kier alpha value is -2.24. The van der Waals surface area contributed by atoms with Gasteiger partial charge in [0.05, 0.1) is 6.54 Å². The van der Waals surface area contributed by atoms with Crippen LogP contribution in [0.3, 0.4) is 0 Å². The van der Waals surface area contributed by atoms with Gasteiger partial charge in [-0.15, -0.1) is 0 Å². The van der Waals surface area contributed by atoms with Crippen LogP contribution >= 0.6 is 0 Å². The van der Waals surface area contributed by atoms with Crippen LogP contribution in [0.5, 0.6) is 0 Å². The molecule has 0 radical (unpaired) electrons. The van der Waals surface area contributed by atoms with E-state index in [2.05, 4.69) is 61.7 Å². The minimum absolute atomic E-state index is 0.0545. The first-order chi connectivity index (χ1) is 13.0. The normalized spacial score (nSPS) is 16.3. The Bertz CT molecular complexity index is 604. The number of nitrogens with zero attached hydrogens (tertiary/aromatic N) is 2. The van der Waals surface area contributed by atoms with Crippen LogP contribution < -0.4 is 16.4 Å². The number of rotatable bonds is 7. The summed E-state index contributed by atoms with van der Waals surface area (Å²) in [6.07, 6.45) is 3.87. The number of nitrogens with two attached hydrogens (primary N) is 1. The SMILES string of the molecule is CCNC(=NCC(CC)(CC)c1ccccc1)NC1CCN(C(N)=O)CC1. The molecule has 1 aromatic carbocycles. The van der Waals surface area contributed by atoms with Crippen molar-refractivity contribution in [2.75, 3.05) is 26.2 Å². The number of primary amides is 1. The van der Waals surface area contributed by atoms with Gasteiger partial charge in [0.2, 0.25) is 0 Å². The quantitative estimate of drug-likeness (QED) is 0.508. The van der Waals surface area contributed by atoms with Crippen LogP contribution in [0.4, 0.5) is 4.79 Å². The molecule has 0 unspecified atom stereocenters. The standard InChI is InChI=1S/C21H35N5O/c1-4-21(5-2,17-10-8-7-9-11-17)16-24-20(23-6-3)25-18-12-14-26(15-13-18)19(22)27/h7-11,18H,4-6,12-16H2,1-3H3,(H2,22,27)(H2,23,24,25). The van der Waals surface area contributed by atoms with Crippen molar-refractivity contribution in [1.29, 1.82) is 0 Å². The van der Waals surface area contributed by atoms with Crippen LogP contribution in [-0.2, 0) is 5.41 Å². The summed E-state index contributed by atoms with van der Waals surface area (Å²) >= 11 is 0. The summed E-state index contributed by atoms with van der Waals surface area (Å²) < 4.78 is 0. The lowest BCUT2D eigenvalue weighted by Crippen LogP contribution is -2.51. The van der Waals surface area contributed by atoms with Crippen molar-refractivity contribution < 1.29 is 4.79 Å². The second-order valence-corrected chi connectivity index (χ2v) is 7.29. The molecule has 0 aromatic heterocycles. The van der Waals surface area contributed by atoms with Gasteiger partial charge in [0.15, 0.2) is 5.96 Å². The summed E-state index contributed by atoms with van der Waals surface area (Å²) in [6.45, 7) is 9.53. The first-order valence-electron chi connectivity index (χ1n) is 10.2. The molecule has 4 N–H and O–H groups in total. The predicted molar refractivity (Wildman–Crippen MR) is 112 cm³/mol. The molecule has 1 saturated heterocycles. The Morgan fingerprint density at radius 1 is 1.19 bits per heavy atom. The van der Waals surface area contributed by atoms with Gasteiger partial charge in [-0.05, 0) is 38.2 Å². The molecule has 1 fully saturated rings. The van der Waals surface area contributed by atoms with Crippen molar-refractivity contribution >= 4 is 12.0 Å². The lowest BCUT2D eigenvalue weighted by molar-refractivity contribution is 0.188. The summed E-state index contributed by atoms with van der Waals surface area (Å²) in [5.41, 5.74) is 6.78. The first kappa shape index (κ1) is 21.1. The number of aliphatic imine (C=N–C) groups is 1. The van der Waals surface area contributed by atoms with Gasteiger partial charge in [-0.25, -0.2) is 4.79 Å².